The normalized spacial score (nSPS) is 12.8. The molecule has 0 heterocycles. The van der Waals surface area contributed by atoms with Crippen molar-refractivity contribution in [3.05, 3.63) is 83.4 Å². The highest BCUT2D eigenvalue weighted by Crippen LogP contribution is 2.26. The van der Waals surface area contributed by atoms with E-state index >= 15 is 0 Å². The van der Waals surface area contributed by atoms with Gasteiger partial charge < -0.3 is 0 Å². The molecule has 0 aliphatic heterocycles. The first kappa shape index (κ1) is 16.4. The first-order valence-corrected chi connectivity index (χ1v) is 8.41. The number of fused-ring (bicyclic) bond motifs is 1. The van der Waals surface area contributed by atoms with Crippen molar-refractivity contribution in [2.45, 2.75) is 32.5 Å². The van der Waals surface area contributed by atoms with E-state index in [1.807, 2.05) is 30.5 Å². The van der Waals surface area contributed by atoms with E-state index in [0.717, 1.165) is 24.0 Å². The average molecular weight is 319 g/mol. The molecule has 0 saturated heterocycles. The number of benzene rings is 3. The standard InChI is InChI=1S/C22H22FN/c1-17(21-13-5-11-20-10-2-3-12-22(20)21)24-14-6-9-18-7-4-8-19(15-18)16-23/h2-5,7-8,10-15,17H,6,9,16H2,1H3/t17-/m1/s1. The number of hydrogen-bond donors (Lipinski definition) is 0. The van der Waals surface area contributed by atoms with Gasteiger partial charge in [0.1, 0.15) is 6.67 Å². The molecule has 0 bridgehead atoms. The third-order valence-electron chi connectivity index (χ3n) is 4.31. The van der Waals surface area contributed by atoms with Gasteiger partial charge in [0.2, 0.25) is 0 Å². The maximum atomic E-state index is 12.7. The van der Waals surface area contributed by atoms with Crippen molar-refractivity contribution >= 4 is 17.0 Å². The molecular weight excluding hydrogens is 297 g/mol. The van der Waals surface area contributed by atoms with Gasteiger partial charge in [-0.2, -0.15) is 0 Å². The zero-order valence-corrected chi connectivity index (χ0v) is 14.0. The molecule has 0 radical (unpaired) electrons. The smallest absolute Gasteiger partial charge is 0.115 e. The number of aliphatic imine (C=N–C) groups is 1. The van der Waals surface area contributed by atoms with Crippen molar-refractivity contribution in [3.8, 4) is 0 Å². The van der Waals surface area contributed by atoms with Gasteiger partial charge in [0.15, 0.2) is 0 Å². The molecule has 0 unspecified atom stereocenters. The predicted molar refractivity (Wildman–Crippen MR) is 100 cm³/mol. The van der Waals surface area contributed by atoms with Crippen LogP contribution in [0.15, 0.2) is 71.7 Å². The van der Waals surface area contributed by atoms with E-state index in [-0.39, 0.29) is 6.04 Å². The Morgan fingerprint density at radius 3 is 2.58 bits per heavy atom. The van der Waals surface area contributed by atoms with E-state index in [2.05, 4.69) is 49.4 Å². The Morgan fingerprint density at radius 2 is 1.71 bits per heavy atom. The minimum absolute atomic E-state index is 0.133. The van der Waals surface area contributed by atoms with Crippen molar-refractivity contribution in [2.75, 3.05) is 0 Å². The summed E-state index contributed by atoms with van der Waals surface area (Å²) in [5.41, 5.74) is 3.16. The van der Waals surface area contributed by atoms with Crippen LogP contribution in [0.25, 0.3) is 10.8 Å². The highest BCUT2D eigenvalue weighted by molar-refractivity contribution is 5.86. The number of alkyl halides is 1. The van der Waals surface area contributed by atoms with Crippen LogP contribution < -0.4 is 0 Å². The molecule has 0 aliphatic rings. The lowest BCUT2D eigenvalue weighted by Gasteiger charge is -2.10. The zero-order valence-electron chi connectivity index (χ0n) is 14.0. The lowest BCUT2D eigenvalue weighted by Crippen LogP contribution is -1.93. The molecule has 122 valence electrons. The quantitative estimate of drug-likeness (QED) is 0.489. The summed E-state index contributed by atoms with van der Waals surface area (Å²) < 4.78 is 12.7. The van der Waals surface area contributed by atoms with Crippen molar-refractivity contribution < 1.29 is 4.39 Å². The van der Waals surface area contributed by atoms with Crippen LogP contribution >= 0.6 is 0 Å². The summed E-state index contributed by atoms with van der Waals surface area (Å²) in [4.78, 5) is 4.70. The molecule has 1 nitrogen and oxygen atoms in total. The fraction of sp³-hybridized carbons (Fsp3) is 0.227. The predicted octanol–water partition coefficient (Wildman–Crippen LogP) is 6.07. The summed E-state index contributed by atoms with van der Waals surface area (Å²) in [5.74, 6) is 0. The monoisotopic (exact) mass is 319 g/mol. The van der Waals surface area contributed by atoms with Gasteiger partial charge in [0.25, 0.3) is 0 Å². The molecule has 0 saturated carbocycles. The number of halogens is 1. The molecule has 3 rings (SSSR count). The highest BCUT2D eigenvalue weighted by atomic mass is 19.1. The molecule has 1 atom stereocenters. The van der Waals surface area contributed by atoms with Crippen molar-refractivity contribution in [1.29, 1.82) is 0 Å². The largest absolute Gasteiger partial charge is 0.290 e. The summed E-state index contributed by atoms with van der Waals surface area (Å²) in [5, 5.41) is 2.51. The van der Waals surface area contributed by atoms with Crippen LogP contribution in [0.5, 0.6) is 0 Å². The molecule has 3 aromatic rings. The van der Waals surface area contributed by atoms with Crippen molar-refractivity contribution in [1.82, 2.24) is 0 Å². The van der Waals surface area contributed by atoms with Crippen molar-refractivity contribution in [3.63, 3.8) is 0 Å². The Kier molecular flexibility index (Phi) is 5.37. The molecular formula is C22H22FN. The van der Waals surface area contributed by atoms with Crippen LogP contribution in [0.2, 0.25) is 0 Å². The third-order valence-corrected chi connectivity index (χ3v) is 4.31. The number of rotatable bonds is 6. The van der Waals surface area contributed by atoms with Gasteiger partial charge >= 0.3 is 0 Å². The van der Waals surface area contributed by atoms with Crippen LogP contribution in [-0.4, -0.2) is 6.21 Å². The van der Waals surface area contributed by atoms with E-state index in [0.29, 0.717) is 0 Å². The Morgan fingerprint density at radius 1 is 0.958 bits per heavy atom. The molecule has 0 aliphatic carbocycles. The van der Waals surface area contributed by atoms with Gasteiger partial charge in [-0.25, -0.2) is 4.39 Å². The van der Waals surface area contributed by atoms with Crippen LogP contribution in [0.3, 0.4) is 0 Å². The Balaban J connectivity index is 1.65. The topological polar surface area (TPSA) is 12.4 Å². The Hall–Kier alpha value is -2.48. The fourth-order valence-electron chi connectivity index (χ4n) is 3.03. The van der Waals surface area contributed by atoms with E-state index < -0.39 is 6.67 Å². The van der Waals surface area contributed by atoms with Crippen LogP contribution in [0, 0.1) is 0 Å². The van der Waals surface area contributed by atoms with Gasteiger partial charge in [-0.1, -0.05) is 66.7 Å². The molecule has 0 fully saturated rings. The van der Waals surface area contributed by atoms with Gasteiger partial charge in [-0.15, -0.1) is 0 Å². The fourth-order valence-corrected chi connectivity index (χ4v) is 3.03. The van der Waals surface area contributed by atoms with E-state index in [1.165, 1.54) is 16.3 Å². The van der Waals surface area contributed by atoms with E-state index in [9.17, 15) is 4.39 Å². The SMILES string of the molecule is C[C@@H](N=CCCc1cccc(CF)c1)c1cccc2ccccc12. The van der Waals surface area contributed by atoms with Gasteiger partial charge in [-0.05, 0) is 53.4 Å². The second kappa shape index (κ2) is 7.87. The lowest BCUT2D eigenvalue weighted by molar-refractivity contribution is 0.485. The second-order valence-electron chi connectivity index (χ2n) is 6.07. The first-order valence-electron chi connectivity index (χ1n) is 8.41. The van der Waals surface area contributed by atoms with E-state index in [1.54, 1.807) is 0 Å². The maximum Gasteiger partial charge on any atom is 0.115 e. The molecule has 0 spiro atoms. The van der Waals surface area contributed by atoms with Crippen LogP contribution in [-0.2, 0) is 13.1 Å². The lowest BCUT2D eigenvalue weighted by atomic mass is 10.00. The van der Waals surface area contributed by atoms with E-state index in [4.69, 9.17) is 4.99 Å². The minimum Gasteiger partial charge on any atom is -0.290 e. The minimum atomic E-state index is -0.403. The maximum absolute atomic E-state index is 12.7. The summed E-state index contributed by atoms with van der Waals surface area (Å²) in [6, 6.07) is 22.6. The number of nitrogens with zero attached hydrogens (tertiary/aromatic N) is 1. The summed E-state index contributed by atoms with van der Waals surface area (Å²) in [7, 11) is 0. The van der Waals surface area contributed by atoms with Crippen LogP contribution in [0.4, 0.5) is 4.39 Å². The molecule has 3 aromatic carbocycles. The molecule has 2 heteroatoms. The molecule has 0 amide bonds. The summed E-state index contributed by atoms with van der Waals surface area (Å²) >= 11 is 0. The highest BCUT2D eigenvalue weighted by Gasteiger charge is 2.06. The summed E-state index contributed by atoms with van der Waals surface area (Å²) in [6.45, 7) is 1.72. The second-order valence-corrected chi connectivity index (χ2v) is 6.07. The van der Waals surface area contributed by atoms with Crippen LogP contribution in [0.1, 0.15) is 36.1 Å². The Labute approximate surface area is 142 Å². The molecule has 0 N–H and O–H groups in total. The molecule has 0 aromatic heterocycles. The number of hydrogen-bond acceptors (Lipinski definition) is 1. The molecule has 24 heavy (non-hydrogen) atoms. The zero-order chi connectivity index (χ0) is 16.8. The Bertz CT molecular complexity index is 833. The number of aryl methyl sites for hydroxylation is 1. The van der Waals surface area contributed by atoms with Gasteiger partial charge in [0.05, 0.1) is 6.04 Å². The van der Waals surface area contributed by atoms with Gasteiger partial charge in [-0.3, -0.25) is 4.99 Å². The van der Waals surface area contributed by atoms with Gasteiger partial charge in [0, 0.05) is 0 Å². The third kappa shape index (κ3) is 3.88. The average Bonchev–Trinajstić information content (AvgIpc) is 2.64. The first-order chi connectivity index (χ1) is 11.8. The summed E-state index contributed by atoms with van der Waals surface area (Å²) in [6.07, 6.45) is 3.75. The van der Waals surface area contributed by atoms with Crippen molar-refractivity contribution in [2.24, 2.45) is 4.99 Å².